The van der Waals surface area contributed by atoms with E-state index in [1.165, 1.54) is 0 Å². The van der Waals surface area contributed by atoms with E-state index in [2.05, 4.69) is 5.32 Å². The molecule has 2 N–H and O–H groups in total. The molecule has 0 rings (SSSR count). The zero-order valence-electron chi connectivity index (χ0n) is 8.54. The van der Waals surface area contributed by atoms with Crippen molar-refractivity contribution >= 4 is 5.91 Å². The summed E-state index contributed by atoms with van der Waals surface area (Å²) in [5, 5.41) is 11.3. The third kappa shape index (κ3) is 6.54. The fraction of sp³-hybridized carbons (Fsp3) is 0.889. The van der Waals surface area contributed by atoms with E-state index in [4.69, 9.17) is 9.84 Å². The topological polar surface area (TPSA) is 58.6 Å². The fourth-order valence-electron chi connectivity index (χ4n) is 0.845. The van der Waals surface area contributed by atoms with Gasteiger partial charge in [0.2, 0.25) is 5.91 Å². The highest BCUT2D eigenvalue weighted by Crippen LogP contribution is 1.99. The number of ether oxygens (including phenoxy) is 1. The van der Waals surface area contributed by atoms with Crippen molar-refractivity contribution in [3.8, 4) is 0 Å². The summed E-state index contributed by atoms with van der Waals surface area (Å²) >= 11 is 0. The number of nitrogens with one attached hydrogen (secondary N) is 1. The first-order chi connectivity index (χ1) is 6.10. The molecule has 0 saturated carbocycles. The van der Waals surface area contributed by atoms with E-state index in [1.807, 2.05) is 6.92 Å². The molecule has 0 fully saturated rings. The Bertz CT molecular complexity index is 150. The average Bonchev–Trinajstić information content (AvgIpc) is 2.13. The first-order valence-electron chi connectivity index (χ1n) is 4.53. The lowest BCUT2D eigenvalue weighted by molar-refractivity contribution is -0.122. The molecule has 0 aromatic rings. The van der Waals surface area contributed by atoms with Crippen LogP contribution < -0.4 is 5.32 Å². The third-order valence-electron chi connectivity index (χ3n) is 1.86. The van der Waals surface area contributed by atoms with E-state index >= 15 is 0 Å². The van der Waals surface area contributed by atoms with Gasteiger partial charge in [0.05, 0.1) is 12.7 Å². The quantitative estimate of drug-likeness (QED) is 0.631. The van der Waals surface area contributed by atoms with Gasteiger partial charge in [-0.2, -0.15) is 0 Å². The van der Waals surface area contributed by atoms with Gasteiger partial charge in [0.1, 0.15) is 0 Å². The van der Waals surface area contributed by atoms with Crippen molar-refractivity contribution < 1.29 is 14.6 Å². The standard InChI is InChI=1S/C9H19NO3/c1-7(6-11)10-9(12)5-4-8(2)13-3/h7-8,11H,4-6H2,1-3H3,(H,10,12). The van der Waals surface area contributed by atoms with E-state index in [-0.39, 0.29) is 24.7 Å². The van der Waals surface area contributed by atoms with E-state index in [1.54, 1.807) is 14.0 Å². The van der Waals surface area contributed by atoms with Gasteiger partial charge in [0.15, 0.2) is 0 Å². The van der Waals surface area contributed by atoms with Crippen molar-refractivity contribution in [1.29, 1.82) is 0 Å². The van der Waals surface area contributed by atoms with Gasteiger partial charge >= 0.3 is 0 Å². The van der Waals surface area contributed by atoms with Crippen LogP contribution >= 0.6 is 0 Å². The van der Waals surface area contributed by atoms with Crippen LogP contribution in [-0.4, -0.2) is 36.9 Å². The van der Waals surface area contributed by atoms with Gasteiger partial charge in [-0.3, -0.25) is 4.79 Å². The monoisotopic (exact) mass is 189 g/mol. The normalized spacial score (nSPS) is 15.1. The Labute approximate surface area is 79.3 Å². The molecule has 0 spiro atoms. The molecule has 78 valence electrons. The molecular weight excluding hydrogens is 170 g/mol. The summed E-state index contributed by atoms with van der Waals surface area (Å²) in [5.74, 6) is -0.0366. The lowest BCUT2D eigenvalue weighted by atomic mass is 10.2. The summed E-state index contributed by atoms with van der Waals surface area (Å²) in [6.45, 7) is 3.66. The molecule has 2 atom stereocenters. The maximum atomic E-state index is 11.2. The Kier molecular flexibility index (Phi) is 6.54. The van der Waals surface area contributed by atoms with Gasteiger partial charge in [-0.25, -0.2) is 0 Å². The number of amides is 1. The Morgan fingerprint density at radius 3 is 2.62 bits per heavy atom. The van der Waals surface area contributed by atoms with Crippen molar-refractivity contribution in [2.45, 2.75) is 38.8 Å². The van der Waals surface area contributed by atoms with Crippen LogP contribution in [0.2, 0.25) is 0 Å². The molecule has 2 unspecified atom stereocenters. The maximum Gasteiger partial charge on any atom is 0.220 e. The van der Waals surface area contributed by atoms with Gasteiger partial charge in [-0.15, -0.1) is 0 Å². The van der Waals surface area contributed by atoms with Crippen LogP contribution in [0.1, 0.15) is 26.7 Å². The van der Waals surface area contributed by atoms with Gasteiger partial charge in [-0.1, -0.05) is 0 Å². The first kappa shape index (κ1) is 12.4. The molecule has 0 aliphatic rings. The number of methoxy groups -OCH3 is 1. The fourth-order valence-corrected chi connectivity index (χ4v) is 0.845. The van der Waals surface area contributed by atoms with E-state index in [0.29, 0.717) is 12.8 Å². The minimum absolute atomic E-state index is 0.0223. The largest absolute Gasteiger partial charge is 0.394 e. The summed E-state index contributed by atoms with van der Waals surface area (Å²) in [6.07, 6.45) is 1.26. The van der Waals surface area contributed by atoms with Crippen LogP contribution in [0.25, 0.3) is 0 Å². The van der Waals surface area contributed by atoms with E-state index in [0.717, 1.165) is 0 Å². The second-order valence-electron chi connectivity index (χ2n) is 3.24. The highest BCUT2D eigenvalue weighted by atomic mass is 16.5. The zero-order chi connectivity index (χ0) is 10.3. The first-order valence-corrected chi connectivity index (χ1v) is 4.53. The number of hydrogen-bond donors (Lipinski definition) is 2. The van der Waals surface area contributed by atoms with Gasteiger partial charge in [-0.05, 0) is 20.3 Å². The molecule has 4 heteroatoms. The minimum atomic E-state index is -0.162. The number of hydrogen-bond acceptors (Lipinski definition) is 3. The van der Waals surface area contributed by atoms with Crippen LogP contribution in [-0.2, 0) is 9.53 Å². The lowest BCUT2D eigenvalue weighted by Crippen LogP contribution is -2.35. The lowest BCUT2D eigenvalue weighted by Gasteiger charge is -2.12. The Morgan fingerprint density at radius 1 is 1.54 bits per heavy atom. The summed E-state index contributed by atoms with van der Waals surface area (Å²) in [7, 11) is 1.62. The van der Waals surface area contributed by atoms with Crippen molar-refractivity contribution in [1.82, 2.24) is 5.32 Å². The van der Waals surface area contributed by atoms with Crippen molar-refractivity contribution in [3.05, 3.63) is 0 Å². The summed E-state index contributed by atoms with van der Waals surface area (Å²) in [4.78, 5) is 11.2. The Morgan fingerprint density at radius 2 is 2.15 bits per heavy atom. The number of aliphatic hydroxyl groups excluding tert-OH is 1. The molecule has 0 aliphatic heterocycles. The molecule has 0 aromatic carbocycles. The molecule has 0 bridgehead atoms. The highest BCUT2D eigenvalue weighted by molar-refractivity contribution is 5.76. The van der Waals surface area contributed by atoms with Crippen LogP contribution in [0.4, 0.5) is 0 Å². The Balaban J connectivity index is 3.51. The third-order valence-corrected chi connectivity index (χ3v) is 1.86. The molecule has 0 aromatic heterocycles. The van der Waals surface area contributed by atoms with Gasteiger partial charge in [0.25, 0.3) is 0 Å². The molecule has 0 aliphatic carbocycles. The van der Waals surface area contributed by atoms with Crippen LogP contribution in [0.15, 0.2) is 0 Å². The van der Waals surface area contributed by atoms with Crippen molar-refractivity contribution in [3.63, 3.8) is 0 Å². The zero-order valence-corrected chi connectivity index (χ0v) is 8.54. The van der Waals surface area contributed by atoms with E-state index in [9.17, 15) is 4.79 Å². The number of carbonyl (C=O) groups excluding carboxylic acids is 1. The second-order valence-corrected chi connectivity index (χ2v) is 3.24. The molecule has 0 saturated heterocycles. The second kappa shape index (κ2) is 6.86. The molecule has 0 radical (unpaired) electrons. The predicted molar refractivity (Wildman–Crippen MR) is 50.4 cm³/mol. The number of carbonyl (C=O) groups is 1. The summed E-state index contributed by atoms with van der Waals surface area (Å²) < 4.78 is 5.00. The van der Waals surface area contributed by atoms with Gasteiger partial charge in [0, 0.05) is 19.6 Å². The van der Waals surface area contributed by atoms with Crippen LogP contribution in [0.3, 0.4) is 0 Å². The molecule has 4 nitrogen and oxygen atoms in total. The van der Waals surface area contributed by atoms with E-state index < -0.39 is 0 Å². The average molecular weight is 189 g/mol. The summed E-state index contributed by atoms with van der Waals surface area (Å²) in [5.41, 5.74) is 0. The van der Waals surface area contributed by atoms with Crippen molar-refractivity contribution in [2.75, 3.05) is 13.7 Å². The molecule has 0 heterocycles. The predicted octanol–water partition coefficient (Wildman–Crippen LogP) is 0.299. The molecular formula is C9H19NO3. The SMILES string of the molecule is COC(C)CCC(=O)NC(C)CO. The van der Waals surface area contributed by atoms with Crippen LogP contribution in [0, 0.1) is 0 Å². The maximum absolute atomic E-state index is 11.2. The minimum Gasteiger partial charge on any atom is -0.394 e. The van der Waals surface area contributed by atoms with Gasteiger partial charge < -0.3 is 15.2 Å². The number of rotatable bonds is 6. The molecule has 1 amide bonds. The summed E-state index contributed by atoms with van der Waals surface area (Å²) in [6, 6.07) is -0.162. The van der Waals surface area contributed by atoms with Crippen LogP contribution in [0.5, 0.6) is 0 Å². The van der Waals surface area contributed by atoms with Crippen molar-refractivity contribution in [2.24, 2.45) is 0 Å². The smallest absolute Gasteiger partial charge is 0.220 e. The highest BCUT2D eigenvalue weighted by Gasteiger charge is 2.07. The molecule has 13 heavy (non-hydrogen) atoms. The Hall–Kier alpha value is -0.610. The number of aliphatic hydroxyl groups is 1.